The van der Waals surface area contributed by atoms with Crippen molar-refractivity contribution in [1.29, 1.82) is 0 Å². The molecule has 76 valence electrons. The van der Waals surface area contributed by atoms with Gasteiger partial charge in [-0.3, -0.25) is 10.4 Å². The summed E-state index contributed by atoms with van der Waals surface area (Å²) in [5.41, 5.74) is 2.60. The zero-order valence-corrected chi connectivity index (χ0v) is 8.51. The van der Waals surface area contributed by atoms with E-state index in [1.807, 2.05) is 0 Å². The molecule has 1 aliphatic rings. The molecule has 1 saturated carbocycles. The van der Waals surface area contributed by atoms with E-state index in [1.54, 1.807) is 0 Å². The molecule has 13 heavy (non-hydrogen) atoms. The van der Waals surface area contributed by atoms with Gasteiger partial charge in [0.1, 0.15) is 0 Å². The Bertz CT molecular complexity index is 172. The largest absolute Gasteiger partial charge is 0.353 e. The highest BCUT2D eigenvalue weighted by molar-refractivity contribution is 5.79. The Morgan fingerprint density at radius 1 is 1.54 bits per heavy atom. The highest BCUT2D eigenvalue weighted by Gasteiger charge is 2.17. The molecule has 0 aromatic rings. The van der Waals surface area contributed by atoms with Crippen molar-refractivity contribution in [1.82, 2.24) is 10.7 Å². The minimum absolute atomic E-state index is 0.576. The number of hydrogen-bond donors (Lipinski definition) is 3. The number of rotatable bonds is 3. The monoisotopic (exact) mass is 184 g/mol. The van der Waals surface area contributed by atoms with Crippen LogP contribution < -0.4 is 16.6 Å². The maximum Gasteiger partial charge on any atom is 0.205 e. The number of guanidine groups is 1. The van der Waals surface area contributed by atoms with Gasteiger partial charge in [-0.2, -0.15) is 0 Å². The van der Waals surface area contributed by atoms with E-state index in [-0.39, 0.29) is 0 Å². The van der Waals surface area contributed by atoms with Crippen molar-refractivity contribution in [2.45, 2.75) is 39.2 Å². The van der Waals surface area contributed by atoms with Crippen LogP contribution in [-0.4, -0.2) is 18.5 Å². The average molecular weight is 184 g/mol. The molecule has 0 radical (unpaired) electrons. The van der Waals surface area contributed by atoms with Crippen LogP contribution in [0.5, 0.6) is 0 Å². The summed E-state index contributed by atoms with van der Waals surface area (Å²) in [5, 5.41) is 3.27. The molecule has 0 heterocycles. The van der Waals surface area contributed by atoms with Gasteiger partial charge in [-0.1, -0.05) is 13.8 Å². The Labute approximate surface area is 80.0 Å². The van der Waals surface area contributed by atoms with Crippen LogP contribution in [0, 0.1) is 5.92 Å². The predicted octanol–water partition coefficient (Wildman–Crippen LogP) is 0.604. The van der Waals surface area contributed by atoms with Crippen molar-refractivity contribution in [3.8, 4) is 0 Å². The molecule has 4 heteroatoms. The summed E-state index contributed by atoms with van der Waals surface area (Å²) in [4.78, 5) is 4.33. The van der Waals surface area contributed by atoms with Gasteiger partial charge in [-0.25, -0.2) is 5.84 Å². The van der Waals surface area contributed by atoms with Gasteiger partial charge < -0.3 is 5.32 Å². The Morgan fingerprint density at radius 2 is 2.23 bits per heavy atom. The first kappa shape index (κ1) is 10.3. The Kier molecular flexibility index (Phi) is 4.02. The molecule has 0 bridgehead atoms. The van der Waals surface area contributed by atoms with Gasteiger partial charge in [-0.15, -0.1) is 0 Å². The van der Waals surface area contributed by atoms with E-state index in [2.05, 4.69) is 29.6 Å². The molecule has 0 aromatic carbocycles. The van der Waals surface area contributed by atoms with Crippen LogP contribution in [0.15, 0.2) is 4.99 Å². The fourth-order valence-electron chi connectivity index (χ4n) is 1.15. The Morgan fingerprint density at radius 3 is 2.62 bits per heavy atom. The first-order valence-electron chi connectivity index (χ1n) is 5.00. The van der Waals surface area contributed by atoms with E-state index in [0.717, 1.165) is 12.5 Å². The Hall–Kier alpha value is -0.770. The van der Waals surface area contributed by atoms with Crippen molar-refractivity contribution in [2.24, 2.45) is 16.8 Å². The third-order valence-electron chi connectivity index (χ3n) is 2.20. The van der Waals surface area contributed by atoms with Gasteiger partial charge in [-0.05, 0) is 25.2 Å². The smallest absolute Gasteiger partial charge is 0.205 e. The normalized spacial score (nSPS) is 18.6. The van der Waals surface area contributed by atoms with Gasteiger partial charge in [0.15, 0.2) is 0 Å². The van der Waals surface area contributed by atoms with E-state index >= 15 is 0 Å². The SMILES string of the molecule is CC(C)CN=C(NN)NC1CCC1. The van der Waals surface area contributed by atoms with Crippen LogP contribution >= 0.6 is 0 Å². The molecule has 0 aromatic heterocycles. The first-order valence-corrected chi connectivity index (χ1v) is 5.00. The second-order valence-corrected chi connectivity index (χ2v) is 4.00. The van der Waals surface area contributed by atoms with Crippen molar-refractivity contribution < 1.29 is 0 Å². The lowest BCUT2D eigenvalue weighted by molar-refractivity contribution is 0.379. The predicted molar refractivity (Wildman–Crippen MR) is 55.2 cm³/mol. The molecule has 1 rings (SSSR count). The van der Waals surface area contributed by atoms with E-state index in [4.69, 9.17) is 5.84 Å². The summed E-state index contributed by atoms with van der Waals surface area (Å²) in [6, 6.07) is 0.585. The summed E-state index contributed by atoms with van der Waals surface area (Å²) in [7, 11) is 0. The van der Waals surface area contributed by atoms with Crippen molar-refractivity contribution >= 4 is 5.96 Å². The third kappa shape index (κ3) is 3.63. The molecular formula is C9H20N4. The van der Waals surface area contributed by atoms with Gasteiger partial charge in [0, 0.05) is 12.6 Å². The molecule has 0 spiro atoms. The average Bonchev–Trinajstić information content (AvgIpc) is 2.01. The first-order chi connectivity index (χ1) is 6.22. The van der Waals surface area contributed by atoms with Crippen molar-refractivity contribution in [2.75, 3.05) is 6.54 Å². The summed E-state index contributed by atoms with van der Waals surface area (Å²) < 4.78 is 0. The molecule has 1 fully saturated rings. The zero-order valence-electron chi connectivity index (χ0n) is 8.51. The second-order valence-electron chi connectivity index (χ2n) is 4.00. The maximum atomic E-state index is 5.34. The number of hydrazine groups is 1. The Balaban J connectivity index is 2.27. The van der Waals surface area contributed by atoms with E-state index in [1.165, 1.54) is 19.3 Å². The van der Waals surface area contributed by atoms with Crippen LogP contribution in [0.4, 0.5) is 0 Å². The van der Waals surface area contributed by atoms with Crippen LogP contribution in [-0.2, 0) is 0 Å². The van der Waals surface area contributed by atoms with E-state index in [9.17, 15) is 0 Å². The topological polar surface area (TPSA) is 62.4 Å². The van der Waals surface area contributed by atoms with E-state index in [0.29, 0.717) is 12.0 Å². The van der Waals surface area contributed by atoms with E-state index < -0.39 is 0 Å². The molecule has 0 atom stereocenters. The number of nitrogens with two attached hydrogens (primary N) is 1. The standard InChI is InChI=1S/C9H20N4/c1-7(2)6-11-9(13-10)12-8-4-3-5-8/h7-8H,3-6,10H2,1-2H3,(H2,11,12,13). The minimum atomic E-state index is 0.576. The molecule has 4 nitrogen and oxygen atoms in total. The minimum Gasteiger partial charge on any atom is -0.353 e. The van der Waals surface area contributed by atoms with Gasteiger partial charge in [0.25, 0.3) is 0 Å². The molecule has 0 amide bonds. The lowest BCUT2D eigenvalue weighted by atomic mass is 9.93. The maximum absolute atomic E-state index is 5.34. The highest BCUT2D eigenvalue weighted by Crippen LogP contribution is 2.17. The third-order valence-corrected chi connectivity index (χ3v) is 2.20. The van der Waals surface area contributed by atoms with Crippen LogP contribution in [0.3, 0.4) is 0 Å². The molecule has 0 unspecified atom stereocenters. The molecular weight excluding hydrogens is 164 g/mol. The summed E-state index contributed by atoms with van der Waals surface area (Å²) >= 11 is 0. The fraction of sp³-hybridized carbons (Fsp3) is 0.889. The number of hydrogen-bond acceptors (Lipinski definition) is 2. The van der Waals surface area contributed by atoms with Crippen molar-refractivity contribution in [3.63, 3.8) is 0 Å². The van der Waals surface area contributed by atoms with Gasteiger partial charge in [0.2, 0.25) is 5.96 Å². The summed E-state index contributed by atoms with van der Waals surface area (Å²) in [5.74, 6) is 6.65. The quantitative estimate of drug-likeness (QED) is 0.260. The lowest BCUT2D eigenvalue weighted by Crippen LogP contribution is -2.48. The molecule has 1 aliphatic carbocycles. The van der Waals surface area contributed by atoms with Gasteiger partial charge >= 0.3 is 0 Å². The fourth-order valence-corrected chi connectivity index (χ4v) is 1.15. The van der Waals surface area contributed by atoms with Crippen molar-refractivity contribution in [3.05, 3.63) is 0 Å². The van der Waals surface area contributed by atoms with Gasteiger partial charge in [0.05, 0.1) is 0 Å². The molecule has 0 saturated heterocycles. The second kappa shape index (κ2) is 5.07. The lowest BCUT2D eigenvalue weighted by Gasteiger charge is -2.27. The van der Waals surface area contributed by atoms with Crippen LogP contribution in [0.2, 0.25) is 0 Å². The summed E-state index contributed by atoms with van der Waals surface area (Å²) in [6.07, 6.45) is 3.80. The molecule has 4 N–H and O–H groups in total. The zero-order chi connectivity index (χ0) is 9.68. The summed E-state index contributed by atoms with van der Waals surface area (Å²) in [6.45, 7) is 5.10. The number of aliphatic imine (C=N–C) groups is 1. The highest BCUT2D eigenvalue weighted by atomic mass is 15.3. The van der Waals surface area contributed by atoms with Crippen LogP contribution in [0.1, 0.15) is 33.1 Å². The number of nitrogens with zero attached hydrogens (tertiary/aromatic N) is 1. The molecule has 0 aliphatic heterocycles. The number of nitrogens with one attached hydrogen (secondary N) is 2. The van der Waals surface area contributed by atoms with Crippen LogP contribution in [0.25, 0.3) is 0 Å².